The molecule has 0 spiro atoms. The largest absolute Gasteiger partial charge is 0.446 e. The molecule has 0 amide bonds. The zero-order valence-corrected chi connectivity index (χ0v) is 11.8. The predicted molar refractivity (Wildman–Crippen MR) is 70.0 cm³/mol. The molecule has 1 saturated heterocycles. The summed E-state index contributed by atoms with van der Waals surface area (Å²) in [5.74, 6) is 0.582. The molecule has 6 nitrogen and oxygen atoms in total. The van der Waals surface area contributed by atoms with Gasteiger partial charge in [-0.2, -0.15) is 0 Å². The van der Waals surface area contributed by atoms with Crippen molar-refractivity contribution in [3.05, 3.63) is 17.9 Å². The summed E-state index contributed by atoms with van der Waals surface area (Å²) in [6.45, 7) is 2.09. The zero-order valence-electron chi connectivity index (χ0n) is 11.0. The van der Waals surface area contributed by atoms with Gasteiger partial charge in [0.2, 0.25) is 5.09 Å². The number of hydrogen-bond acceptors (Lipinski definition) is 5. The molecule has 19 heavy (non-hydrogen) atoms. The van der Waals surface area contributed by atoms with Crippen molar-refractivity contribution < 1.29 is 17.9 Å². The van der Waals surface area contributed by atoms with E-state index in [9.17, 15) is 8.42 Å². The van der Waals surface area contributed by atoms with E-state index in [4.69, 9.17) is 9.52 Å². The number of sulfonamides is 1. The molecule has 2 heterocycles. The quantitative estimate of drug-likeness (QED) is 0.819. The molecule has 1 unspecified atom stereocenters. The van der Waals surface area contributed by atoms with Gasteiger partial charge in [-0.15, -0.1) is 0 Å². The SMILES string of the molecule is CN1CCCC(CNS(=O)(=O)c2ccc(CO)o2)C1. The van der Waals surface area contributed by atoms with Gasteiger partial charge in [-0.3, -0.25) is 0 Å². The van der Waals surface area contributed by atoms with E-state index in [1.165, 1.54) is 12.1 Å². The Labute approximate surface area is 113 Å². The highest BCUT2D eigenvalue weighted by atomic mass is 32.2. The van der Waals surface area contributed by atoms with Crippen LogP contribution in [0.5, 0.6) is 0 Å². The summed E-state index contributed by atoms with van der Waals surface area (Å²) < 4.78 is 31.6. The molecule has 0 bridgehead atoms. The third-order valence-electron chi connectivity index (χ3n) is 3.34. The Morgan fingerprint density at radius 2 is 2.32 bits per heavy atom. The van der Waals surface area contributed by atoms with Crippen LogP contribution in [-0.2, 0) is 16.6 Å². The number of piperidine rings is 1. The predicted octanol–water partition coefficient (Wildman–Crippen LogP) is 0.392. The number of nitrogens with one attached hydrogen (secondary N) is 1. The summed E-state index contributed by atoms with van der Waals surface area (Å²) in [6, 6.07) is 2.82. The van der Waals surface area contributed by atoms with Crippen LogP contribution in [0.4, 0.5) is 0 Å². The first-order valence-electron chi connectivity index (χ1n) is 6.39. The summed E-state index contributed by atoms with van der Waals surface area (Å²) in [5, 5.41) is 8.73. The molecule has 0 radical (unpaired) electrons. The number of aliphatic hydroxyl groups excluding tert-OH is 1. The van der Waals surface area contributed by atoms with Crippen LogP contribution in [0.1, 0.15) is 18.6 Å². The summed E-state index contributed by atoms with van der Waals surface area (Å²) in [7, 11) is -1.57. The lowest BCUT2D eigenvalue weighted by molar-refractivity contribution is 0.211. The van der Waals surface area contributed by atoms with E-state index >= 15 is 0 Å². The van der Waals surface area contributed by atoms with Gasteiger partial charge in [0.05, 0.1) is 0 Å². The van der Waals surface area contributed by atoms with Crippen molar-refractivity contribution in [1.29, 1.82) is 0 Å². The number of nitrogens with zero attached hydrogens (tertiary/aromatic N) is 1. The molecule has 1 aliphatic heterocycles. The minimum atomic E-state index is -3.61. The van der Waals surface area contributed by atoms with Crippen LogP contribution < -0.4 is 4.72 Å². The fourth-order valence-electron chi connectivity index (χ4n) is 2.33. The van der Waals surface area contributed by atoms with Gasteiger partial charge in [0, 0.05) is 13.1 Å². The van der Waals surface area contributed by atoms with E-state index < -0.39 is 10.0 Å². The number of hydrogen-bond donors (Lipinski definition) is 2. The zero-order chi connectivity index (χ0) is 13.9. The third kappa shape index (κ3) is 3.79. The van der Waals surface area contributed by atoms with Crippen molar-refractivity contribution in [2.45, 2.75) is 24.5 Å². The molecule has 0 saturated carbocycles. The minimum Gasteiger partial charge on any atom is -0.446 e. The normalized spacial score (nSPS) is 21.7. The van der Waals surface area contributed by atoms with E-state index in [0.717, 1.165) is 25.9 Å². The van der Waals surface area contributed by atoms with Gasteiger partial charge in [-0.1, -0.05) is 0 Å². The van der Waals surface area contributed by atoms with E-state index in [2.05, 4.69) is 9.62 Å². The average molecular weight is 288 g/mol. The number of likely N-dealkylation sites (tertiary alicyclic amines) is 1. The first kappa shape index (κ1) is 14.5. The molecule has 2 N–H and O–H groups in total. The van der Waals surface area contributed by atoms with Crippen LogP contribution in [0.2, 0.25) is 0 Å². The Hall–Kier alpha value is -0.890. The highest BCUT2D eigenvalue weighted by Gasteiger charge is 2.22. The molecule has 1 aromatic rings. The van der Waals surface area contributed by atoms with Crippen molar-refractivity contribution in [1.82, 2.24) is 9.62 Å². The molecular weight excluding hydrogens is 268 g/mol. The van der Waals surface area contributed by atoms with E-state index in [-0.39, 0.29) is 17.5 Å². The molecule has 1 fully saturated rings. The van der Waals surface area contributed by atoms with Crippen LogP contribution >= 0.6 is 0 Å². The maximum atomic E-state index is 12.0. The van der Waals surface area contributed by atoms with Crippen molar-refractivity contribution >= 4 is 10.0 Å². The molecule has 1 aromatic heterocycles. The number of aliphatic hydroxyl groups is 1. The monoisotopic (exact) mass is 288 g/mol. The van der Waals surface area contributed by atoms with Crippen LogP contribution in [0, 0.1) is 5.92 Å². The third-order valence-corrected chi connectivity index (χ3v) is 4.64. The lowest BCUT2D eigenvalue weighted by Gasteiger charge is -2.29. The van der Waals surface area contributed by atoms with Gasteiger partial charge < -0.3 is 14.4 Å². The Balaban J connectivity index is 1.93. The second-order valence-electron chi connectivity index (χ2n) is 5.00. The van der Waals surface area contributed by atoms with E-state index in [0.29, 0.717) is 12.5 Å². The Morgan fingerprint density at radius 1 is 1.53 bits per heavy atom. The van der Waals surface area contributed by atoms with Crippen LogP contribution in [-0.4, -0.2) is 45.1 Å². The van der Waals surface area contributed by atoms with Crippen molar-refractivity contribution in [2.75, 3.05) is 26.7 Å². The lowest BCUT2D eigenvalue weighted by atomic mass is 9.99. The summed E-state index contributed by atoms with van der Waals surface area (Å²) in [5.41, 5.74) is 0. The molecule has 0 aromatic carbocycles. The van der Waals surface area contributed by atoms with Gasteiger partial charge >= 0.3 is 0 Å². The topological polar surface area (TPSA) is 82.8 Å². The smallest absolute Gasteiger partial charge is 0.273 e. The lowest BCUT2D eigenvalue weighted by Crippen LogP contribution is -2.39. The number of rotatable bonds is 5. The van der Waals surface area contributed by atoms with Crippen LogP contribution in [0.15, 0.2) is 21.6 Å². The average Bonchev–Trinajstić information content (AvgIpc) is 2.86. The van der Waals surface area contributed by atoms with Gasteiger partial charge in [0.15, 0.2) is 0 Å². The van der Waals surface area contributed by atoms with Crippen LogP contribution in [0.3, 0.4) is 0 Å². The molecule has 108 valence electrons. The second kappa shape index (κ2) is 6.04. The highest BCUT2D eigenvalue weighted by molar-refractivity contribution is 7.89. The maximum absolute atomic E-state index is 12.0. The summed E-state index contributed by atoms with van der Waals surface area (Å²) >= 11 is 0. The second-order valence-corrected chi connectivity index (χ2v) is 6.70. The van der Waals surface area contributed by atoms with Gasteiger partial charge in [0.25, 0.3) is 10.0 Å². The fourth-order valence-corrected chi connectivity index (χ4v) is 3.39. The molecule has 2 rings (SSSR count). The standard InChI is InChI=1S/C12H20N2O4S/c1-14-6-2-3-10(8-14)7-13-19(16,17)12-5-4-11(9-15)18-12/h4-5,10,13,15H,2-3,6-9H2,1H3. The first-order chi connectivity index (χ1) is 9.01. The van der Waals surface area contributed by atoms with Gasteiger partial charge in [0.1, 0.15) is 12.4 Å². The Kier molecular flexibility index (Phi) is 4.62. The molecule has 1 atom stereocenters. The first-order valence-corrected chi connectivity index (χ1v) is 7.87. The van der Waals surface area contributed by atoms with Crippen LogP contribution in [0.25, 0.3) is 0 Å². The molecule has 7 heteroatoms. The molecule has 0 aliphatic carbocycles. The van der Waals surface area contributed by atoms with Gasteiger partial charge in [-0.05, 0) is 44.5 Å². The van der Waals surface area contributed by atoms with Crippen molar-refractivity contribution in [3.8, 4) is 0 Å². The summed E-state index contributed by atoms with van der Waals surface area (Å²) in [4.78, 5) is 2.21. The fraction of sp³-hybridized carbons (Fsp3) is 0.667. The molecule has 1 aliphatic rings. The van der Waals surface area contributed by atoms with E-state index in [1.54, 1.807) is 0 Å². The minimum absolute atomic E-state index is 0.138. The highest BCUT2D eigenvalue weighted by Crippen LogP contribution is 2.17. The van der Waals surface area contributed by atoms with Crippen molar-refractivity contribution in [2.24, 2.45) is 5.92 Å². The van der Waals surface area contributed by atoms with Crippen molar-refractivity contribution in [3.63, 3.8) is 0 Å². The summed E-state index contributed by atoms with van der Waals surface area (Å²) in [6.07, 6.45) is 2.13. The Bertz CT molecular complexity index is 512. The number of furan rings is 1. The Morgan fingerprint density at radius 3 is 2.95 bits per heavy atom. The van der Waals surface area contributed by atoms with E-state index in [1.807, 2.05) is 7.05 Å². The van der Waals surface area contributed by atoms with Gasteiger partial charge in [-0.25, -0.2) is 13.1 Å². The molecular formula is C12H20N2O4S. The maximum Gasteiger partial charge on any atom is 0.273 e.